The van der Waals surface area contributed by atoms with Gasteiger partial charge in [-0.05, 0) is 80.1 Å². The van der Waals surface area contributed by atoms with Crippen LogP contribution in [0.4, 0.5) is 40.8 Å². The lowest BCUT2D eigenvalue weighted by Crippen LogP contribution is -2.57. The number of benzene rings is 3. The lowest BCUT2D eigenvalue weighted by atomic mass is 9.90. The molecule has 264 valence electrons. The van der Waals surface area contributed by atoms with Crippen LogP contribution in [0.1, 0.15) is 51.0 Å². The predicted octanol–water partition coefficient (Wildman–Crippen LogP) is 7.09. The van der Waals surface area contributed by atoms with Crippen molar-refractivity contribution in [3.05, 3.63) is 99.6 Å². The van der Waals surface area contributed by atoms with E-state index >= 15 is 0 Å². The van der Waals surface area contributed by atoms with Gasteiger partial charge in [0.2, 0.25) is 5.91 Å². The van der Waals surface area contributed by atoms with Crippen molar-refractivity contribution in [2.24, 2.45) is 0 Å². The number of rotatable bonds is 7. The molecule has 0 unspecified atom stereocenters. The molecule has 3 aromatic rings. The zero-order valence-corrected chi connectivity index (χ0v) is 26.9. The number of para-hydroxylation sites is 1. The number of carbonyl (C=O) groups excluding carboxylic acids is 2. The van der Waals surface area contributed by atoms with E-state index in [4.69, 9.17) is 0 Å². The molecule has 0 bridgehead atoms. The number of hydrogen-bond acceptors (Lipinski definition) is 4. The van der Waals surface area contributed by atoms with Gasteiger partial charge in [0.15, 0.2) is 0 Å². The van der Waals surface area contributed by atoms with Crippen molar-refractivity contribution in [1.82, 2.24) is 14.7 Å². The van der Waals surface area contributed by atoms with Crippen LogP contribution in [0.3, 0.4) is 0 Å². The third-order valence-electron chi connectivity index (χ3n) is 9.21. The van der Waals surface area contributed by atoms with Crippen molar-refractivity contribution >= 4 is 17.5 Å². The summed E-state index contributed by atoms with van der Waals surface area (Å²) in [4.78, 5) is 31.9. The standard InChI is InChI=1S/C35H36F8N4O2/c1-21-4-3-5-22(2)32(21)44-31(48)20-45-8-10-46(11-9-45)29-6-7-47(30(19-29)14-23-12-27(36)18-28(37)13-23)33(49)24-15-25(34(38,39)40)17-26(16-24)35(41,42)43/h3-5,12-13,15-18,29-30H,6-11,14,19-20H2,1-2H3,(H,44,48)/t29-,30+/m1/s1. The Hall–Kier alpha value is -4.04. The molecule has 14 heteroatoms. The second kappa shape index (κ2) is 14.4. The topological polar surface area (TPSA) is 55.9 Å². The molecule has 0 spiro atoms. The molecule has 2 heterocycles. The number of halogens is 8. The molecule has 2 saturated heterocycles. The van der Waals surface area contributed by atoms with E-state index in [9.17, 15) is 44.7 Å². The molecule has 2 amide bonds. The summed E-state index contributed by atoms with van der Waals surface area (Å²) in [6, 6.07) is 8.44. The number of nitrogens with zero attached hydrogens (tertiary/aromatic N) is 3. The average Bonchev–Trinajstić information content (AvgIpc) is 3.01. The first-order valence-corrected chi connectivity index (χ1v) is 15.9. The minimum atomic E-state index is -5.13. The number of alkyl halides is 6. The summed E-state index contributed by atoms with van der Waals surface area (Å²) in [6.45, 7) is 6.27. The summed E-state index contributed by atoms with van der Waals surface area (Å²) < 4.78 is 110. The zero-order chi connectivity index (χ0) is 35.7. The van der Waals surface area contributed by atoms with Crippen LogP contribution < -0.4 is 5.32 Å². The quantitative estimate of drug-likeness (QED) is 0.268. The number of piperidine rings is 1. The van der Waals surface area contributed by atoms with Gasteiger partial charge in [-0.25, -0.2) is 8.78 Å². The highest BCUT2D eigenvalue weighted by molar-refractivity contribution is 5.95. The molecule has 1 N–H and O–H groups in total. The van der Waals surface area contributed by atoms with E-state index in [1.54, 1.807) is 0 Å². The number of piperazine rings is 1. The van der Waals surface area contributed by atoms with Gasteiger partial charge >= 0.3 is 12.4 Å². The number of nitrogens with one attached hydrogen (secondary N) is 1. The minimum Gasteiger partial charge on any atom is -0.335 e. The Balaban J connectivity index is 1.31. The molecule has 2 aliphatic heterocycles. The highest BCUT2D eigenvalue weighted by Crippen LogP contribution is 2.37. The molecule has 0 radical (unpaired) electrons. The minimum absolute atomic E-state index is 0.00194. The van der Waals surface area contributed by atoms with Crippen LogP contribution in [0, 0.1) is 25.5 Å². The number of anilines is 1. The fourth-order valence-electron chi connectivity index (χ4n) is 6.75. The fourth-order valence-corrected chi connectivity index (χ4v) is 6.75. The second-order valence-electron chi connectivity index (χ2n) is 12.7. The summed E-state index contributed by atoms with van der Waals surface area (Å²) in [5, 5.41) is 2.98. The normalized spacial score (nSPS) is 19.6. The smallest absolute Gasteiger partial charge is 0.335 e. The van der Waals surface area contributed by atoms with Crippen LogP contribution in [0.15, 0.2) is 54.6 Å². The van der Waals surface area contributed by atoms with Gasteiger partial charge in [-0.15, -0.1) is 0 Å². The Bertz CT molecular complexity index is 1610. The number of aryl methyl sites for hydroxylation is 2. The van der Waals surface area contributed by atoms with Crippen LogP contribution in [-0.2, 0) is 23.6 Å². The molecular weight excluding hydrogens is 660 g/mol. The highest BCUT2D eigenvalue weighted by atomic mass is 19.4. The van der Waals surface area contributed by atoms with E-state index in [1.807, 2.05) is 36.9 Å². The number of amides is 2. The first-order valence-electron chi connectivity index (χ1n) is 15.9. The monoisotopic (exact) mass is 696 g/mol. The predicted molar refractivity (Wildman–Crippen MR) is 167 cm³/mol. The number of carbonyl (C=O) groups is 2. The molecule has 0 saturated carbocycles. The first-order chi connectivity index (χ1) is 23.0. The van der Waals surface area contributed by atoms with Crippen molar-refractivity contribution in [3.63, 3.8) is 0 Å². The third-order valence-corrected chi connectivity index (χ3v) is 9.21. The zero-order valence-electron chi connectivity index (χ0n) is 26.9. The van der Waals surface area contributed by atoms with Crippen LogP contribution in [-0.4, -0.2) is 77.9 Å². The Morgan fingerprint density at radius 2 is 1.37 bits per heavy atom. The molecule has 3 aromatic carbocycles. The van der Waals surface area contributed by atoms with Crippen LogP contribution in [0.5, 0.6) is 0 Å². The van der Waals surface area contributed by atoms with Crippen LogP contribution in [0.25, 0.3) is 0 Å². The van der Waals surface area contributed by atoms with Gasteiger partial charge in [0.05, 0.1) is 17.7 Å². The maximum atomic E-state index is 14.1. The molecule has 49 heavy (non-hydrogen) atoms. The fraction of sp³-hybridized carbons (Fsp3) is 0.429. The van der Waals surface area contributed by atoms with Gasteiger partial charge in [-0.1, -0.05) is 18.2 Å². The SMILES string of the molecule is Cc1cccc(C)c1NC(=O)CN1CCN([C@@H]2CCN(C(=O)c3cc(C(F)(F)F)cc(C(F)(F)F)c3)[C@@H](Cc3cc(F)cc(F)c3)C2)CC1. The van der Waals surface area contributed by atoms with E-state index in [-0.39, 0.29) is 49.5 Å². The average molecular weight is 697 g/mol. The maximum Gasteiger partial charge on any atom is 0.416 e. The number of likely N-dealkylation sites (tertiary alicyclic amines) is 1. The lowest BCUT2D eigenvalue weighted by molar-refractivity contribution is -0.143. The van der Waals surface area contributed by atoms with E-state index in [1.165, 1.54) is 4.90 Å². The van der Waals surface area contributed by atoms with Gasteiger partial charge in [-0.3, -0.25) is 19.4 Å². The van der Waals surface area contributed by atoms with E-state index in [0.717, 1.165) is 28.9 Å². The Kier molecular flexibility index (Phi) is 10.7. The molecular formula is C35H36F8N4O2. The van der Waals surface area contributed by atoms with Gasteiger partial charge < -0.3 is 10.2 Å². The Morgan fingerprint density at radius 3 is 1.92 bits per heavy atom. The second-order valence-corrected chi connectivity index (χ2v) is 12.7. The summed E-state index contributed by atoms with van der Waals surface area (Å²) in [7, 11) is 0. The van der Waals surface area contributed by atoms with Crippen LogP contribution >= 0.6 is 0 Å². The van der Waals surface area contributed by atoms with Gasteiger partial charge in [-0.2, -0.15) is 26.3 Å². The molecule has 0 aliphatic carbocycles. The molecule has 2 aliphatic rings. The van der Waals surface area contributed by atoms with Crippen molar-refractivity contribution in [1.29, 1.82) is 0 Å². The molecule has 2 fully saturated rings. The highest BCUT2D eigenvalue weighted by Gasteiger charge is 2.40. The van der Waals surface area contributed by atoms with Crippen molar-refractivity contribution in [2.45, 2.75) is 57.5 Å². The van der Waals surface area contributed by atoms with Crippen molar-refractivity contribution in [3.8, 4) is 0 Å². The van der Waals surface area contributed by atoms with Gasteiger partial charge in [0.25, 0.3) is 5.91 Å². The van der Waals surface area contributed by atoms with Crippen molar-refractivity contribution in [2.75, 3.05) is 44.6 Å². The van der Waals surface area contributed by atoms with Crippen molar-refractivity contribution < 1.29 is 44.7 Å². The lowest BCUT2D eigenvalue weighted by Gasteiger charge is -2.46. The molecule has 0 aromatic heterocycles. The van der Waals surface area contributed by atoms with Gasteiger partial charge in [0, 0.05) is 62.1 Å². The van der Waals surface area contributed by atoms with Crippen LogP contribution in [0.2, 0.25) is 0 Å². The number of hydrogen-bond donors (Lipinski definition) is 1. The summed E-state index contributed by atoms with van der Waals surface area (Å²) in [5.74, 6) is -2.89. The summed E-state index contributed by atoms with van der Waals surface area (Å²) in [5.41, 5.74) is -1.12. The van der Waals surface area contributed by atoms with E-state index in [2.05, 4.69) is 10.2 Å². The third kappa shape index (κ3) is 8.96. The van der Waals surface area contributed by atoms with Gasteiger partial charge in [0.1, 0.15) is 11.6 Å². The van der Waals surface area contributed by atoms with E-state index < -0.39 is 52.6 Å². The Labute approximate surface area is 278 Å². The molecule has 6 nitrogen and oxygen atoms in total. The van der Waals surface area contributed by atoms with E-state index in [0.29, 0.717) is 50.8 Å². The first kappa shape index (κ1) is 36.2. The Morgan fingerprint density at radius 1 is 0.796 bits per heavy atom. The molecule has 5 rings (SSSR count). The molecule has 2 atom stereocenters. The summed E-state index contributed by atoms with van der Waals surface area (Å²) in [6.07, 6.45) is -9.70. The summed E-state index contributed by atoms with van der Waals surface area (Å²) >= 11 is 0. The largest absolute Gasteiger partial charge is 0.416 e. The maximum absolute atomic E-state index is 14.1.